The Bertz CT molecular complexity index is 547. The standard InChI is InChI=1S/C11H16N6O/c1-17(5-7-3-2-4-18-7)10-8-9(14-6-13-8)15-11(12)16-10/h6-7H,2-5H2,1H3,(H3,12,13,14,15,16). The SMILES string of the molecule is CN(CC1CCCO1)c1nc(N)nc2nc[nH]c12. The number of nitrogens with zero attached hydrogens (tertiary/aromatic N) is 4. The third-order valence-electron chi connectivity index (χ3n) is 3.15. The van der Waals surface area contributed by atoms with Crippen LogP contribution in [0.25, 0.3) is 11.2 Å². The molecule has 0 amide bonds. The smallest absolute Gasteiger partial charge is 0.224 e. The van der Waals surface area contributed by atoms with Crippen molar-refractivity contribution >= 4 is 22.9 Å². The molecule has 0 aliphatic carbocycles. The van der Waals surface area contributed by atoms with E-state index >= 15 is 0 Å². The monoisotopic (exact) mass is 248 g/mol. The molecule has 3 heterocycles. The number of aromatic nitrogens is 4. The van der Waals surface area contributed by atoms with Gasteiger partial charge in [0.2, 0.25) is 5.95 Å². The highest BCUT2D eigenvalue weighted by atomic mass is 16.5. The average Bonchev–Trinajstić information content (AvgIpc) is 2.97. The fourth-order valence-electron chi connectivity index (χ4n) is 2.29. The number of rotatable bonds is 3. The van der Waals surface area contributed by atoms with Crippen LogP contribution in [0.3, 0.4) is 0 Å². The van der Waals surface area contributed by atoms with Gasteiger partial charge in [-0.25, -0.2) is 4.98 Å². The van der Waals surface area contributed by atoms with E-state index in [2.05, 4.69) is 19.9 Å². The summed E-state index contributed by atoms with van der Waals surface area (Å²) in [6.45, 7) is 1.65. The molecule has 1 unspecified atom stereocenters. The molecule has 2 aromatic rings. The van der Waals surface area contributed by atoms with Gasteiger partial charge in [0.05, 0.1) is 12.4 Å². The van der Waals surface area contributed by atoms with Crippen LogP contribution in [0, 0.1) is 0 Å². The number of hydrogen-bond donors (Lipinski definition) is 2. The Labute approximate surface area is 104 Å². The zero-order valence-electron chi connectivity index (χ0n) is 10.3. The lowest BCUT2D eigenvalue weighted by Gasteiger charge is -2.22. The number of H-pyrrole nitrogens is 1. The lowest BCUT2D eigenvalue weighted by Crippen LogP contribution is -2.29. The number of nitrogens with one attached hydrogen (secondary N) is 1. The van der Waals surface area contributed by atoms with Crippen molar-refractivity contribution in [3.05, 3.63) is 6.33 Å². The molecule has 2 aromatic heterocycles. The molecule has 1 atom stereocenters. The number of hydrogen-bond acceptors (Lipinski definition) is 6. The van der Waals surface area contributed by atoms with E-state index < -0.39 is 0 Å². The number of nitrogens with two attached hydrogens (primary N) is 1. The summed E-state index contributed by atoms with van der Waals surface area (Å²) in [6, 6.07) is 0. The normalized spacial score (nSPS) is 19.5. The van der Waals surface area contributed by atoms with E-state index in [9.17, 15) is 0 Å². The van der Waals surface area contributed by atoms with Gasteiger partial charge in [-0.3, -0.25) is 0 Å². The molecule has 0 spiro atoms. The molecule has 1 fully saturated rings. The summed E-state index contributed by atoms with van der Waals surface area (Å²) >= 11 is 0. The molecule has 0 aromatic carbocycles. The summed E-state index contributed by atoms with van der Waals surface area (Å²) in [5.41, 5.74) is 7.10. The molecular formula is C11H16N6O. The summed E-state index contributed by atoms with van der Waals surface area (Å²) in [6.07, 6.45) is 4.09. The van der Waals surface area contributed by atoms with Crippen LogP contribution < -0.4 is 10.6 Å². The molecular weight excluding hydrogens is 232 g/mol. The number of aromatic amines is 1. The van der Waals surface area contributed by atoms with Gasteiger partial charge in [-0.1, -0.05) is 0 Å². The van der Waals surface area contributed by atoms with Crippen LogP contribution in [0.4, 0.5) is 11.8 Å². The molecule has 96 valence electrons. The highest BCUT2D eigenvalue weighted by molar-refractivity contribution is 5.83. The minimum absolute atomic E-state index is 0.240. The average molecular weight is 248 g/mol. The predicted molar refractivity (Wildman–Crippen MR) is 68.3 cm³/mol. The Balaban J connectivity index is 1.89. The molecule has 1 saturated heterocycles. The molecule has 7 heteroatoms. The van der Waals surface area contributed by atoms with E-state index in [-0.39, 0.29) is 12.1 Å². The quantitative estimate of drug-likeness (QED) is 0.824. The van der Waals surface area contributed by atoms with Crippen molar-refractivity contribution in [2.45, 2.75) is 18.9 Å². The third-order valence-corrected chi connectivity index (χ3v) is 3.15. The van der Waals surface area contributed by atoms with Gasteiger partial charge >= 0.3 is 0 Å². The fraction of sp³-hybridized carbons (Fsp3) is 0.545. The number of fused-ring (bicyclic) bond motifs is 1. The van der Waals surface area contributed by atoms with Gasteiger partial charge in [-0.05, 0) is 12.8 Å². The van der Waals surface area contributed by atoms with E-state index in [4.69, 9.17) is 10.5 Å². The minimum atomic E-state index is 0.240. The zero-order valence-corrected chi connectivity index (χ0v) is 10.3. The number of imidazole rings is 1. The third kappa shape index (κ3) is 1.97. The van der Waals surface area contributed by atoms with Crippen LogP contribution in [-0.4, -0.2) is 46.2 Å². The van der Waals surface area contributed by atoms with E-state index in [1.807, 2.05) is 11.9 Å². The lowest BCUT2D eigenvalue weighted by atomic mass is 10.2. The first-order valence-electron chi connectivity index (χ1n) is 6.03. The van der Waals surface area contributed by atoms with Gasteiger partial charge in [-0.2, -0.15) is 9.97 Å². The number of likely N-dealkylation sites (N-methyl/N-ethyl adjacent to an activating group) is 1. The van der Waals surface area contributed by atoms with Crippen molar-refractivity contribution in [1.29, 1.82) is 0 Å². The molecule has 1 aliphatic heterocycles. The lowest BCUT2D eigenvalue weighted by molar-refractivity contribution is 0.116. The Morgan fingerprint density at radius 3 is 3.22 bits per heavy atom. The van der Waals surface area contributed by atoms with E-state index in [1.54, 1.807) is 6.33 Å². The topological polar surface area (TPSA) is 92.9 Å². The van der Waals surface area contributed by atoms with E-state index in [0.717, 1.165) is 37.3 Å². The maximum atomic E-state index is 5.70. The number of ether oxygens (including phenoxy) is 1. The Morgan fingerprint density at radius 2 is 2.44 bits per heavy atom. The highest BCUT2D eigenvalue weighted by Crippen LogP contribution is 2.22. The van der Waals surface area contributed by atoms with Gasteiger partial charge in [0, 0.05) is 20.2 Å². The first-order chi connectivity index (χ1) is 8.74. The van der Waals surface area contributed by atoms with Crippen molar-refractivity contribution in [1.82, 2.24) is 19.9 Å². The Morgan fingerprint density at radius 1 is 1.56 bits per heavy atom. The van der Waals surface area contributed by atoms with Crippen LogP contribution in [-0.2, 0) is 4.74 Å². The van der Waals surface area contributed by atoms with E-state index in [0.29, 0.717) is 5.65 Å². The summed E-state index contributed by atoms with van der Waals surface area (Å²) in [7, 11) is 1.98. The predicted octanol–water partition coefficient (Wildman–Crippen LogP) is 0.550. The molecule has 1 aliphatic rings. The Kier molecular flexibility index (Phi) is 2.75. The molecule has 3 rings (SSSR count). The van der Waals surface area contributed by atoms with Crippen molar-refractivity contribution in [2.24, 2.45) is 0 Å². The maximum Gasteiger partial charge on any atom is 0.224 e. The zero-order chi connectivity index (χ0) is 12.5. The summed E-state index contributed by atoms with van der Waals surface area (Å²) in [5.74, 6) is 1.01. The molecule has 3 N–H and O–H groups in total. The second kappa shape index (κ2) is 4.41. The number of nitrogen functional groups attached to an aromatic ring is 1. The Hall–Kier alpha value is -1.89. The van der Waals surface area contributed by atoms with Gasteiger partial charge in [0.25, 0.3) is 0 Å². The number of anilines is 2. The van der Waals surface area contributed by atoms with Crippen molar-refractivity contribution in [3.63, 3.8) is 0 Å². The first-order valence-corrected chi connectivity index (χ1v) is 6.03. The van der Waals surface area contributed by atoms with Gasteiger partial charge in [0.15, 0.2) is 11.5 Å². The highest BCUT2D eigenvalue weighted by Gasteiger charge is 2.20. The molecule has 7 nitrogen and oxygen atoms in total. The van der Waals surface area contributed by atoms with Crippen molar-refractivity contribution in [3.8, 4) is 0 Å². The van der Waals surface area contributed by atoms with Crippen LogP contribution in [0.1, 0.15) is 12.8 Å². The fourth-order valence-corrected chi connectivity index (χ4v) is 2.29. The molecule has 18 heavy (non-hydrogen) atoms. The van der Waals surface area contributed by atoms with Gasteiger partial charge in [0.1, 0.15) is 5.52 Å². The summed E-state index contributed by atoms with van der Waals surface area (Å²) in [4.78, 5) is 17.6. The van der Waals surface area contributed by atoms with Crippen LogP contribution in [0.2, 0.25) is 0 Å². The van der Waals surface area contributed by atoms with Crippen molar-refractivity contribution < 1.29 is 4.74 Å². The second-order valence-corrected chi connectivity index (χ2v) is 4.52. The maximum absolute atomic E-state index is 5.70. The first kappa shape index (κ1) is 11.2. The summed E-state index contributed by atoms with van der Waals surface area (Å²) in [5, 5.41) is 0. The molecule has 0 saturated carbocycles. The van der Waals surface area contributed by atoms with Crippen LogP contribution in [0.15, 0.2) is 6.33 Å². The van der Waals surface area contributed by atoms with E-state index in [1.165, 1.54) is 0 Å². The second-order valence-electron chi connectivity index (χ2n) is 4.52. The van der Waals surface area contributed by atoms with Gasteiger partial charge < -0.3 is 20.4 Å². The van der Waals surface area contributed by atoms with Crippen LogP contribution in [0.5, 0.6) is 0 Å². The summed E-state index contributed by atoms with van der Waals surface area (Å²) < 4.78 is 5.63. The molecule has 0 bridgehead atoms. The minimum Gasteiger partial charge on any atom is -0.376 e. The van der Waals surface area contributed by atoms with Gasteiger partial charge in [-0.15, -0.1) is 0 Å². The largest absolute Gasteiger partial charge is 0.376 e. The van der Waals surface area contributed by atoms with Crippen molar-refractivity contribution in [2.75, 3.05) is 30.8 Å². The molecule has 0 radical (unpaired) electrons. The van der Waals surface area contributed by atoms with Crippen LogP contribution >= 0.6 is 0 Å².